The number of allylic oxidation sites excluding steroid dienone is 2. The third-order valence-corrected chi connectivity index (χ3v) is 9.09. The quantitative estimate of drug-likeness (QED) is 0.531. The molecule has 0 bridgehead atoms. The van der Waals surface area contributed by atoms with Crippen molar-refractivity contribution >= 4 is 16.9 Å². The van der Waals surface area contributed by atoms with Crippen LogP contribution >= 0.6 is 0 Å². The van der Waals surface area contributed by atoms with Crippen LogP contribution in [0.1, 0.15) is 76.7 Å². The SMILES string of the molecule is CCCN1CCN(c2ccc(N3CCC(OC)CC3)cc2C2=CCC3(CCCC3)CC2)CC1. The van der Waals surface area contributed by atoms with Crippen LogP contribution in [0.2, 0.25) is 0 Å². The molecular weight excluding hydrogens is 406 g/mol. The van der Waals surface area contributed by atoms with E-state index in [9.17, 15) is 0 Å². The summed E-state index contributed by atoms with van der Waals surface area (Å²) < 4.78 is 5.62. The lowest BCUT2D eigenvalue weighted by Crippen LogP contribution is -2.46. The molecular formula is C29H45N3O. The maximum atomic E-state index is 5.62. The van der Waals surface area contributed by atoms with Crippen LogP contribution in [-0.4, -0.2) is 63.9 Å². The number of rotatable bonds is 6. The molecule has 0 N–H and O–H groups in total. The number of nitrogens with zero attached hydrogens (tertiary/aromatic N) is 3. The van der Waals surface area contributed by atoms with Gasteiger partial charge in [0.15, 0.2) is 0 Å². The molecule has 2 saturated heterocycles. The van der Waals surface area contributed by atoms with E-state index < -0.39 is 0 Å². The number of piperazine rings is 1. The summed E-state index contributed by atoms with van der Waals surface area (Å²) in [7, 11) is 1.86. The predicted molar refractivity (Wildman–Crippen MR) is 140 cm³/mol. The van der Waals surface area contributed by atoms with Crippen molar-refractivity contribution in [2.75, 3.05) is 62.7 Å². The van der Waals surface area contributed by atoms with Gasteiger partial charge < -0.3 is 14.5 Å². The summed E-state index contributed by atoms with van der Waals surface area (Å²) in [6.45, 7) is 10.5. The van der Waals surface area contributed by atoms with E-state index in [1.807, 2.05) is 7.11 Å². The van der Waals surface area contributed by atoms with Gasteiger partial charge in [0.1, 0.15) is 0 Å². The van der Waals surface area contributed by atoms with Crippen molar-refractivity contribution in [3.8, 4) is 0 Å². The second kappa shape index (κ2) is 10.4. The van der Waals surface area contributed by atoms with Crippen LogP contribution in [-0.2, 0) is 4.74 Å². The Morgan fingerprint density at radius 1 is 0.939 bits per heavy atom. The molecule has 5 rings (SSSR count). The lowest BCUT2D eigenvalue weighted by molar-refractivity contribution is 0.0819. The lowest BCUT2D eigenvalue weighted by Gasteiger charge is -2.39. The molecule has 2 aliphatic heterocycles. The molecule has 0 radical (unpaired) electrons. The van der Waals surface area contributed by atoms with E-state index >= 15 is 0 Å². The number of ether oxygens (including phenoxy) is 1. The maximum absolute atomic E-state index is 5.62. The number of methoxy groups -OCH3 is 1. The zero-order valence-corrected chi connectivity index (χ0v) is 21.2. The predicted octanol–water partition coefficient (Wildman–Crippen LogP) is 5.96. The van der Waals surface area contributed by atoms with Crippen molar-refractivity contribution in [1.29, 1.82) is 0 Å². The molecule has 0 amide bonds. The molecule has 0 unspecified atom stereocenters. The normalized spacial score (nSPS) is 24.5. The Kier molecular flexibility index (Phi) is 7.32. The molecule has 1 saturated carbocycles. The molecule has 33 heavy (non-hydrogen) atoms. The molecule has 4 aliphatic rings. The fourth-order valence-corrected chi connectivity index (χ4v) is 6.90. The largest absolute Gasteiger partial charge is 0.381 e. The second-order valence-corrected chi connectivity index (χ2v) is 11.1. The van der Waals surface area contributed by atoms with Crippen molar-refractivity contribution < 1.29 is 4.74 Å². The Bertz CT molecular complexity index is 812. The van der Waals surface area contributed by atoms with Crippen LogP contribution in [0.3, 0.4) is 0 Å². The average molecular weight is 452 g/mol. The van der Waals surface area contributed by atoms with Crippen LogP contribution in [0, 0.1) is 5.41 Å². The van der Waals surface area contributed by atoms with Gasteiger partial charge in [-0.25, -0.2) is 0 Å². The summed E-state index contributed by atoms with van der Waals surface area (Å²) in [6.07, 6.45) is 16.4. The van der Waals surface area contributed by atoms with Gasteiger partial charge >= 0.3 is 0 Å². The molecule has 3 fully saturated rings. The summed E-state index contributed by atoms with van der Waals surface area (Å²) in [6, 6.07) is 7.38. The number of piperidine rings is 1. The fourth-order valence-electron chi connectivity index (χ4n) is 6.90. The van der Waals surface area contributed by atoms with Gasteiger partial charge in [0.2, 0.25) is 0 Å². The molecule has 4 heteroatoms. The molecule has 0 aromatic heterocycles. The highest BCUT2D eigenvalue weighted by molar-refractivity contribution is 5.80. The molecule has 2 heterocycles. The Labute approximate surface area is 202 Å². The Morgan fingerprint density at radius 2 is 1.70 bits per heavy atom. The highest BCUT2D eigenvalue weighted by atomic mass is 16.5. The van der Waals surface area contributed by atoms with E-state index in [1.54, 1.807) is 5.57 Å². The molecule has 1 aromatic carbocycles. The summed E-state index contributed by atoms with van der Waals surface area (Å²) in [4.78, 5) is 7.89. The van der Waals surface area contributed by atoms with Gasteiger partial charge in [-0.3, -0.25) is 4.90 Å². The molecule has 2 aliphatic carbocycles. The molecule has 1 aromatic rings. The molecule has 182 valence electrons. The second-order valence-electron chi connectivity index (χ2n) is 11.1. The minimum Gasteiger partial charge on any atom is -0.381 e. The van der Waals surface area contributed by atoms with Crippen molar-refractivity contribution in [3.05, 3.63) is 29.8 Å². The molecule has 4 nitrogen and oxygen atoms in total. The first-order chi connectivity index (χ1) is 16.2. The van der Waals surface area contributed by atoms with E-state index in [2.05, 4.69) is 45.9 Å². The van der Waals surface area contributed by atoms with Crippen LogP contribution in [0.5, 0.6) is 0 Å². The van der Waals surface area contributed by atoms with Gasteiger partial charge in [0.05, 0.1) is 6.10 Å². The highest BCUT2D eigenvalue weighted by Gasteiger charge is 2.35. The van der Waals surface area contributed by atoms with E-state index in [1.165, 1.54) is 87.9 Å². The fraction of sp³-hybridized carbons (Fsp3) is 0.724. The van der Waals surface area contributed by atoms with Gasteiger partial charge in [-0.1, -0.05) is 25.8 Å². The van der Waals surface area contributed by atoms with Crippen LogP contribution in [0.4, 0.5) is 11.4 Å². The minimum absolute atomic E-state index is 0.433. The number of hydrogen-bond acceptors (Lipinski definition) is 4. The van der Waals surface area contributed by atoms with Crippen molar-refractivity contribution in [3.63, 3.8) is 0 Å². The topological polar surface area (TPSA) is 19.0 Å². The minimum atomic E-state index is 0.433. The van der Waals surface area contributed by atoms with Gasteiger partial charge in [-0.15, -0.1) is 0 Å². The number of anilines is 2. The number of hydrogen-bond donors (Lipinski definition) is 0. The van der Waals surface area contributed by atoms with Crippen molar-refractivity contribution in [1.82, 2.24) is 4.90 Å². The van der Waals surface area contributed by atoms with E-state index in [0.717, 1.165) is 39.0 Å². The zero-order valence-electron chi connectivity index (χ0n) is 21.2. The van der Waals surface area contributed by atoms with Gasteiger partial charge in [0, 0.05) is 63.3 Å². The third kappa shape index (κ3) is 5.12. The first kappa shape index (κ1) is 23.2. The first-order valence-corrected chi connectivity index (χ1v) is 13.8. The van der Waals surface area contributed by atoms with Crippen molar-refractivity contribution in [2.24, 2.45) is 5.41 Å². The zero-order chi connectivity index (χ0) is 22.7. The first-order valence-electron chi connectivity index (χ1n) is 13.8. The van der Waals surface area contributed by atoms with Gasteiger partial charge in [0.25, 0.3) is 0 Å². The van der Waals surface area contributed by atoms with Crippen LogP contribution in [0.25, 0.3) is 5.57 Å². The molecule has 1 spiro atoms. The smallest absolute Gasteiger partial charge is 0.0605 e. The highest BCUT2D eigenvalue weighted by Crippen LogP contribution is 2.50. The van der Waals surface area contributed by atoms with Crippen molar-refractivity contribution in [2.45, 2.75) is 77.2 Å². The van der Waals surface area contributed by atoms with E-state index in [-0.39, 0.29) is 0 Å². The standard InChI is InChI=1S/C29H45N3O/c1-3-16-30-19-21-32(22-20-30)28-7-6-25(31-17-10-26(33-2)11-18-31)23-27(28)24-8-14-29(15-9-24)12-4-5-13-29/h6-8,23,26H,3-5,9-22H2,1-2H3. The van der Waals surface area contributed by atoms with E-state index in [0.29, 0.717) is 11.5 Å². The maximum Gasteiger partial charge on any atom is 0.0605 e. The monoisotopic (exact) mass is 451 g/mol. The van der Waals surface area contributed by atoms with Gasteiger partial charge in [-0.2, -0.15) is 0 Å². The van der Waals surface area contributed by atoms with E-state index in [4.69, 9.17) is 4.74 Å². The lowest BCUT2D eigenvalue weighted by atomic mass is 9.72. The average Bonchev–Trinajstić information content (AvgIpc) is 3.33. The van der Waals surface area contributed by atoms with Gasteiger partial charge in [-0.05, 0) is 87.1 Å². The Balaban J connectivity index is 1.39. The summed E-state index contributed by atoms with van der Waals surface area (Å²) in [5, 5.41) is 0. The third-order valence-electron chi connectivity index (χ3n) is 9.09. The molecule has 0 atom stereocenters. The Hall–Kier alpha value is -1.52. The summed E-state index contributed by atoms with van der Waals surface area (Å²) >= 11 is 0. The van der Waals surface area contributed by atoms with Crippen LogP contribution in [0.15, 0.2) is 24.3 Å². The number of benzene rings is 1. The summed E-state index contributed by atoms with van der Waals surface area (Å²) in [5.74, 6) is 0. The summed E-state index contributed by atoms with van der Waals surface area (Å²) in [5.41, 5.74) is 6.67. The van der Waals surface area contributed by atoms with Crippen LogP contribution < -0.4 is 9.80 Å². The Morgan fingerprint density at radius 3 is 2.33 bits per heavy atom.